The molecule has 7 heteroatoms. The van der Waals surface area contributed by atoms with Gasteiger partial charge in [0.2, 0.25) is 0 Å². The zero-order chi connectivity index (χ0) is 21.8. The minimum absolute atomic E-state index is 0.0106. The van der Waals surface area contributed by atoms with Gasteiger partial charge in [-0.1, -0.05) is 30.3 Å². The van der Waals surface area contributed by atoms with Crippen LogP contribution >= 0.6 is 0 Å². The van der Waals surface area contributed by atoms with E-state index in [9.17, 15) is 18.3 Å². The Bertz CT molecular complexity index is 994. The molecule has 0 bridgehead atoms. The van der Waals surface area contributed by atoms with E-state index in [-0.39, 0.29) is 12.6 Å². The number of hydrogen-bond acceptors (Lipinski definition) is 4. The molecule has 0 saturated carbocycles. The number of aromatic nitrogens is 1. The highest BCUT2D eigenvalue weighted by atomic mass is 19.4. The Hall–Kier alpha value is -2.90. The molecule has 31 heavy (non-hydrogen) atoms. The summed E-state index contributed by atoms with van der Waals surface area (Å²) in [5.74, 6) is 0.292. The van der Waals surface area contributed by atoms with E-state index >= 15 is 0 Å². The number of nitrogens with zero attached hydrogens (tertiary/aromatic N) is 2. The lowest BCUT2D eigenvalue weighted by Gasteiger charge is -2.38. The van der Waals surface area contributed by atoms with E-state index in [2.05, 4.69) is 22.0 Å². The van der Waals surface area contributed by atoms with Gasteiger partial charge in [-0.3, -0.25) is 9.88 Å². The standard InChI is InChI=1S/C24H23F3N2O2/c25-24(26,27)20-7-9-22(10-8-20)31-16-21(30)15-29-14-19-5-2-1-4-17(19)12-23(29)18-6-3-11-28-13-18/h1-11,13,21,23,30H,12,14-16H2/t21-,23-/m1/s1. The van der Waals surface area contributed by atoms with Crippen LogP contribution in [0.4, 0.5) is 13.2 Å². The number of β-amino-alcohol motifs (C(OH)–C–C–N with tert-alkyl or cyclic N) is 1. The van der Waals surface area contributed by atoms with E-state index in [4.69, 9.17) is 4.74 Å². The number of halogens is 3. The molecule has 2 atom stereocenters. The third-order valence-corrected chi connectivity index (χ3v) is 5.48. The van der Waals surface area contributed by atoms with Crippen LogP contribution in [0.2, 0.25) is 0 Å². The van der Waals surface area contributed by atoms with Gasteiger partial charge in [0.15, 0.2) is 0 Å². The summed E-state index contributed by atoms with van der Waals surface area (Å²) in [6, 6.07) is 16.7. The molecule has 3 aromatic rings. The van der Waals surface area contributed by atoms with Gasteiger partial charge >= 0.3 is 6.18 Å². The fraction of sp³-hybridized carbons (Fsp3) is 0.292. The van der Waals surface area contributed by atoms with Crippen LogP contribution in [0.1, 0.15) is 28.3 Å². The van der Waals surface area contributed by atoms with Crippen molar-refractivity contribution in [2.75, 3.05) is 13.2 Å². The highest BCUT2D eigenvalue weighted by Gasteiger charge is 2.30. The van der Waals surface area contributed by atoms with Gasteiger partial charge in [-0.05, 0) is 53.4 Å². The molecule has 0 radical (unpaired) electrons. The molecule has 0 saturated heterocycles. The number of hydrogen-bond donors (Lipinski definition) is 1. The summed E-state index contributed by atoms with van der Waals surface area (Å²) in [6.45, 7) is 1.05. The molecule has 2 aromatic carbocycles. The van der Waals surface area contributed by atoms with Crippen molar-refractivity contribution in [3.63, 3.8) is 0 Å². The molecule has 1 aliphatic rings. The summed E-state index contributed by atoms with van der Waals surface area (Å²) in [5.41, 5.74) is 2.85. The summed E-state index contributed by atoms with van der Waals surface area (Å²) in [5, 5.41) is 10.6. The molecule has 1 aromatic heterocycles. The normalized spacial score (nSPS) is 17.7. The van der Waals surface area contributed by atoms with E-state index < -0.39 is 17.8 Å². The van der Waals surface area contributed by atoms with Crippen LogP contribution in [0.25, 0.3) is 0 Å². The van der Waals surface area contributed by atoms with Crippen molar-refractivity contribution < 1.29 is 23.0 Å². The fourth-order valence-electron chi connectivity index (χ4n) is 3.93. The summed E-state index contributed by atoms with van der Waals surface area (Å²) in [6.07, 6.45) is -0.793. The predicted molar refractivity (Wildman–Crippen MR) is 110 cm³/mol. The molecule has 1 N–H and O–H groups in total. The zero-order valence-corrected chi connectivity index (χ0v) is 16.8. The Morgan fingerprint density at radius 2 is 1.77 bits per heavy atom. The van der Waals surface area contributed by atoms with Crippen LogP contribution in [0.5, 0.6) is 5.75 Å². The van der Waals surface area contributed by atoms with Crippen molar-refractivity contribution in [3.8, 4) is 5.75 Å². The molecule has 0 unspecified atom stereocenters. The summed E-state index contributed by atoms with van der Waals surface area (Å²) in [4.78, 5) is 6.43. The first kappa shape index (κ1) is 21.3. The lowest BCUT2D eigenvalue weighted by molar-refractivity contribution is -0.137. The van der Waals surface area contributed by atoms with Gasteiger partial charge in [0.05, 0.1) is 5.56 Å². The number of ether oxygens (including phenoxy) is 1. The maximum Gasteiger partial charge on any atom is 0.416 e. The first-order chi connectivity index (χ1) is 14.9. The number of fused-ring (bicyclic) bond motifs is 1. The Balaban J connectivity index is 1.42. The number of rotatable bonds is 6. The molecular weight excluding hydrogens is 405 g/mol. The largest absolute Gasteiger partial charge is 0.491 e. The van der Waals surface area contributed by atoms with Crippen LogP contribution in [-0.2, 0) is 19.1 Å². The SMILES string of the molecule is O[C@@H](COc1ccc(C(F)(F)F)cc1)CN1Cc2ccccc2C[C@@H]1c1cccnc1. The van der Waals surface area contributed by atoms with Crippen molar-refractivity contribution in [1.82, 2.24) is 9.88 Å². The van der Waals surface area contributed by atoms with Crippen LogP contribution in [0.15, 0.2) is 73.1 Å². The van der Waals surface area contributed by atoms with Gasteiger partial charge in [-0.25, -0.2) is 0 Å². The average Bonchev–Trinajstić information content (AvgIpc) is 2.77. The van der Waals surface area contributed by atoms with E-state index in [1.165, 1.54) is 23.3 Å². The van der Waals surface area contributed by atoms with Gasteiger partial charge < -0.3 is 9.84 Å². The second-order valence-corrected chi connectivity index (χ2v) is 7.69. The first-order valence-electron chi connectivity index (χ1n) is 10.1. The maximum atomic E-state index is 12.7. The topological polar surface area (TPSA) is 45.6 Å². The van der Waals surface area contributed by atoms with Crippen molar-refractivity contribution in [2.24, 2.45) is 0 Å². The van der Waals surface area contributed by atoms with Crippen LogP contribution < -0.4 is 4.74 Å². The van der Waals surface area contributed by atoms with Gasteiger partial charge in [0.1, 0.15) is 18.5 Å². The Morgan fingerprint density at radius 3 is 2.45 bits per heavy atom. The molecule has 4 nitrogen and oxygen atoms in total. The Morgan fingerprint density at radius 1 is 1.03 bits per heavy atom. The lowest BCUT2D eigenvalue weighted by atomic mass is 9.90. The Labute approximate surface area is 178 Å². The predicted octanol–water partition coefficient (Wildman–Crippen LogP) is 4.64. The number of aliphatic hydroxyl groups is 1. The van der Waals surface area contributed by atoms with Crippen LogP contribution in [0.3, 0.4) is 0 Å². The molecule has 162 valence electrons. The van der Waals surface area contributed by atoms with Crippen LogP contribution in [0, 0.1) is 0 Å². The summed E-state index contributed by atoms with van der Waals surface area (Å²) >= 11 is 0. The average molecular weight is 428 g/mol. The van der Waals surface area contributed by atoms with Gasteiger partial charge in [-0.2, -0.15) is 13.2 Å². The van der Waals surface area contributed by atoms with Crippen LogP contribution in [-0.4, -0.2) is 34.2 Å². The minimum atomic E-state index is -4.39. The van der Waals surface area contributed by atoms with Gasteiger partial charge in [0, 0.05) is 31.5 Å². The van der Waals surface area contributed by atoms with E-state index in [0.717, 1.165) is 24.1 Å². The second-order valence-electron chi connectivity index (χ2n) is 7.69. The quantitative estimate of drug-likeness (QED) is 0.621. The minimum Gasteiger partial charge on any atom is -0.491 e. The smallest absolute Gasteiger partial charge is 0.416 e. The number of benzene rings is 2. The molecule has 4 rings (SSSR count). The Kier molecular flexibility index (Phi) is 6.25. The maximum absolute atomic E-state index is 12.7. The molecule has 2 heterocycles. The van der Waals surface area contributed by atoms with Gasteiger partial charge in [0.25, 0.3) is 0 Å². The van der Waals surface area contributed by atoms with Crippen molar-refractivity contribution in [3.05, 3.63) is 95.3 Å². The summed E-state index contributed by atoms with van der Waals surface area (Å²) < 4.78 is 43.6. The second kappa shape index (κ2) is 9.08. The molecule has 0 fully saturated rings. The van der Waals surface area contributed by atoms with E-state index in [1.54, 1.807) is 6.20 Å². The number of pyridine rings is 1. The molecule has 0 spiro atoms. The highest BCUT2D eigenvalue weighted by molar-refractivity contribution is 5.33. The summed E-state index contributed by atoms with van der Waals surface area (Å²) in [7, 11) is 0. The monoisotopic (exact) mass is 428 g/mol. The van der Waals surface area contributed by atoms with E-state index in [0.29, 0.717) is 18.8 Å². The first-order valence-corrected chi connectivity index (χ1v) is 10.1. The fourth-order valence-corrected chi connectivity index (χ4v) is 3.93. The van der Waals surface area contributed by atoms with E-state index in [1.807, 2.05) is 30.5 Å². The zero-order valence-electron chi connectivity index (χ0n) is 16.8. The highest BCUT2D eigenvalue weighted by Crippen LogP contribution is 2.33. The molecule has 0 aliphatic carbocycles. The van der Waals surface area contributed by atoms with Crippen molar-refractivity contribution in [2.45, 2.75) is 31.3 Å². The molecule has 0 amide bonds. The van der Waals surface area contributed by atoms with Crippen molar-refractivity contribution >= 4 is 0 Å². The lowest BCUT2D eigenvalue weighted by Crippen LogP contribution is -2.41. The third kappa shape index (κ3) is 5.24. The number of aliphatic hydroxyl groups excluding tert-OH is 1. The van der Waals surface area contributed by atoms with Gasteiger partial charge in [-0.15, -0.1) is 0 Å². The molecule has 1 aliphatic heterocycles. The number of alkyl halides is 3. The van der Waals surface area contributed by atoms with Crippen molar-refractivity contribution in [1.29, 1.82) is 0 Å². The third-order valence-electron chi connectivity index (χ3n) is 5.48. The molecular formula is C24H23F3N2O2.